The molecule has 24 heavy (non-hydrogen) atoms. The van der Waals surface area contributed by atoms with E-state index in [1.165, 1.54) is 0 Å². The molecule has 0 aliphatic carbocycles. The summed E-state index contributed by atoms with van der Waals surface area (Å²) in [4.78, 5) is 19.1. The number of hydrogen-bond donors (Lipinski definition) is 2. The first-order valence-electron chi connectivity index (χ1n) is 8.32. The van der Waals surface area contributed by atoms with Gasteiger partial charge >= 0.3 is 0 Å². The van der Waals surface area contributed by atoms with E-state index in [0.29, 0.717) is 0 Å². The molecule has 0 bridgehead atoms. The zero-order valence-corrected chi connectivity index (χ0v) is 13.5. The van der Waals surface area contributed by atoms with Crippen LogP contribution in [0.2, 0.25) is 0 Å². The van der Waals surface area contributed by atoms with E-state index in [1.54, 1.807) is 0 Å². The zero-order chi connectivity index (χ0) is 16.4. The van der Waals surface area contributed by atoms with Crippen LogP contribution in [0.25, 0.3) is 0 Å². The lowest BCUT2D eigenvalue weighted by atomic mass is 9.99. The highest BCUT2D eigenvalue weighted by Gasteiger charge is 2.23. The van der Waals surface area contributed by atoms with Gasteiger partial charge in [-0.3, -0.25) is 9.79 Å². The zero-order valence-electron chi connectivity index (χ0n) is 13.5. The van der Waals surface area contributed by atoms with Crippen LogP contribution in [0, 0.1) is 0 Å². The van der Waals surface area contributed by atoms with Gasteiger partial charge in [-0.2, -0.15) is 0 Å². The summed E-state index contributed by atoms with van der Waals surface area (Å²) in [6, 6.07) is 16.2. The monoisotopic (exact) mass is 320 g/mol. The second-order valence-corrected chi connectivity index (χ2v) is 6.02. The maximum Gasteiger partial charge on any atom is 0.246 e. The molecule has 1 amide bonds. The van der Waals surface area contributed by atoms with Gasteiger partial charge in [-0.25, -0.2) is 0 Å². The number of benzene rings is 2. The number of carbonyl (C=O) groups is 1. The summed E-state index contributed by atoms with van der Waals surface area (Å²) in [6.45, 7) is 3.93. The lowest BCUT2D eigenvalue weighted by Crippen LogP contribution is -2.44. The minimum absolute atomic E-state index is 0.0650. The molecule has 2 heterocycles. The van der Waals surface area contributed by atoms with Gasteiger partial charge in [-0.1, -0.05) is 42.5 Å². The van der Waals surface area contributed by atoms with E-state index < -0.39 is 0 Å². The number of rotatable bonds is 2. The number of anilines is 2. The lowest BCUT2D eigenvalue weighted by molar-refractivity contribution is -0.114. The van der Waals surface area contributed by atoms with Crippen molar-refractivity contribution in [2.24, 2.45) is 4.99 Å². The van der Waals surface area contributed by atoms with Crippen molar-refractivity contribution in [3.8, 4) is 0 Å². The number of nitrogens with zero attached hydrogens (tertiary/aromatic N) is 2. The Morgan fingerprint density at radius 1 is 0.958 bits per heavy atom. The number of carbonyl (C=O) groups excluding carboxylic acids is 1. The summed E-state index contributed by atoms with van der Waals surface area (Å²) < 4.78 is 0. The average molecular weight is 320 g/mol. The molecule has 2 aliphatic rings. The van der Waals surface area contributed by atoms with Crippen molar-refractivity contribution in [1.29, 1.82) is 0 Å². The molecule has 122 valence electrons. The van der Waals surface area contributed by atoms with Gasteiger partial charge in [0.2, 0.25) is 5.91 Å². The second-order valence-electron chi connectivity index (χ2n) is 6.02. The molecule has 5 nitrogen and oxygen atoms in total. The molecule has 2 N–H and O–H groups in total. The lowest BCUT2D eigenvalue weighted by Gasteiger charge is -2.31. The predicted molar refractivity (Wildman–Crippen MR) is 97.1 cm³/mol. The molecular weight excluding hydrogens is 300 g/mol. The summed E-state index contributed by atoms with van der Waals surface area (Å²) in [6.07, 6.45) is 0. The van der Waals surface area contributed by atoms with E-state index >= 15 is 0 Å². The van der Waals surface area contributed by atoms with Crippen molar-refractivity contribution in [1.82, 2.24) is 5.32 Å². The van der Waals surface area contributed by atoms with Crippen molar-refractivity contribution in [3.05, 3.63) is 59.7 Å². The van der Waals surface area contributed by atoms with Gasteiger partial charge in [0.05, 0.1) is 17.1 Å². The van der Waals surface area contributed by atoms with Gasteiger partial charge in [-0.15, -0.1) is 0 Å². The number of hydrogen-bond acceptors (Lipinski definition) is 4. The minimum Gasteiger partial charge on any atom is -0.367 e. The van der Waals surface area contributed by atoms with Crippen LogP contribution in [-0.2, 0) is 4.79 Å². The fourth-order valence-corrected chi connectivity index (χ4v) is 3.30. The summed E-state index contributed by atoms with van der Waals surface area (Å²) >= 11 is 0. The van der Waals surface area contributed by atoms with Gasteiger partial charge in [-0.05, 0) is 6.07 Å². The van der Waals surface area contributed by atoms with Crippen LogP contribution in [0.3, 0.4) is 0 Å². The van der Waals surface area contributed by atoms with Crippen molar-refractivity contribution in [3.63, 3.8) is 0 Å². The third kappa shape index (κ3) is 2.78. The third-order valence-corrected chi connectivity index (χ3v) is 4.45. The molecule has 0 aromatic heterocycles. The summed E-state index contributed by atoms with van der Waals surface area (Å²) in [5.41, 5.74) is 4.86. The smallest absolute Gasteiger partial charge is 0.246 e. The topological polar surface area (TPSA) is 56.7 Å². The van der Waals surface area contributed by atoms with Crippen LogP contribution < -0.4 is 15.5 Å². The number of nitrogens with one attached hydrogen (secondary N) is 2. The van der Waals surface area contributed by atoms with E-state index in [1.807, 2.05) is 42.5 Å². The van der Waals surface area contributed by atoms with E-state index in [4.69, 9.17) is 0 Å². The Labute approximate surface area is 141 Å². The van der Waals surface area contributed by atoms with Gasteiger partial charge in [0.15, 0.2) is 0 Å². The summed E-state index contributed by atoms with van der Waals surface area (Å²) in [5.74, 6) is -0.0650. The summed E-state index contributed by atoms with van der Waals surface area (Å²) in [5, 5.41) is 6.44. The maximum absolute atomic E-state index is 12.2. The van der Waals surface area contributed by atoms with Crippen molar-refractivity contribution in [2.45, 2.75) is 0 Å². The number of aliphatic imine (C=N–C) groups is 1. The molecule has 0 atom stereocenters. The van der Waals surface area contributed by atoms with E-state index in [9.17, 15) is 4.79 Å². The van der Waals surface area contributed by atoms with Gasteiger partial charge < -0.3 is 15.5 Å². The average Bonchev–Trinajstić information content (AvgIpc) is 2.81. The minimum atomic E-state index is -0.0650. The van der Waals surface area contributed by atoms with Crippen molar-refractivity contribution < 1.29 is 4.79 Å². The first-order chi connectivity index (χ1) is 11.8. The Bertz CT molecular complexity index is 779. The van der Waals surface area contributed by atoms with E-state index in [0.717, 1.165) is 54.4 Å². The molecule has 0 spiro atoms. The third-order valence-electron chi connectivity index (χ3n) is 4.45. The predicted octanol–water partition coefficient (Wildman–Crippen LogP) is 1.89. The number of benzodiazepines with no additional fused rings is 1. The molecule has 0 unspecified atom stereocenters. The molecule has 2 aromatic carbocycles. The Kier molecular flexibility index (Phi) is 4.01. The normalized spacial score (nSPS) is 17.6. The Morgan fingerprint density at radius 2 is 1.75 bits per heavy atom. The standard InChI is InChI=1S/C19H20N4O/c24-17-13-21-18(14-5-2-1-3-6-14)15-7-4-8-16(19(15)22-17)23-11-9-20-10-12-23/h1-8,20H,9-13H2,(H,22,24). The molecule has 2 aromatic rings. The fourth-order valence-electron chi connectivity index (χ4n) is 3.30. The van der Waals surface area contributed by atoms with Crippen molar-refractivity contribution >= 4 is 23.0 Å². The quantitative estimate of drug-likeness (QED) is 0.888. The van der Waals surface area contributed by atoms with Crippen LogP contribution in [0.5, 0.6) is 0 Å². The van der Waals surface area contributed by atoms with Crippen LogP contribution in [0.15, 0.2) is 53.5 Å². The molecule has 4 rings (SSSR count). The number of fused-ring (bicyclic) bond motifs is 1. The molecule has 1 fully saturated rings. The Morgan fingerprint density at radius 3 is 2.54 bits per heavy atom. The molecule has 0 saturated carbocycles. The SMILES string of the molecule is O=C1CN=C(c2ccccc2)c2cccc(N3CCNCC3)c2N1. The van der Waals surface area contributed by atoms with Gasteiger partial charge in [0.1, 0.15) is 6.54 Å². The molecule has 5 heteroatoms. The van der Waals surface area contributed by atoms with Gasteiger partial charge in [0.25, 0.3) is 0 Å². The second kappa shape index (κ2) is 6.45. The maximum atomic E-state index is 12.2. The van der Waals surface area contributed by atoms with Gasteiger partial charge in [0, 0.05) is 37.3 Å². The number of piperazine rings is 1. The highest BCUT2D eigenvalue weighted by molar-refractivity contribution is 6.20. The Hall–Kier alpha value is -2.66. The highest BCUT2D eigenvalue weighted by Crippen LogP contribution is 2.33. The first kappa shape index (κ1) is 14.9. The number of amides is 1. The molecule has 0 radical (unpaired) electrons. The van der Waals surface area contributed by atoms with Crippen LogP contribution in [0.4, 0.5) is 11.4 Å². The van der Waals surface area contributed by atoms with E-state index in [2.05, 4.69) is 26.6 Å². The fraction of sp³-hybridized carbons (Fsp3) is 0.263. The first-order valence-corrected chi connectivity index (χ1v) is 8.32. The Balaban J connectivity index is 1.83. The molecule has 2 aliphatic heterocycles. The van der Waals surface area contributed by atoms with Crippen LogP contribution >= 0.6 is 0 Å². The van der Waals surface area contributed by atoms with Crippen molar-refractivity contribution in [2.75, 3.05) is 42.9 Å². The highest BCUT2D eigenvalue weighted by atomic mass is 16.1. The van der Waals surface area contributed by atoms with Crippen LogP contribution in [0.1, 0.15) is 11.1 Å². The number of para-hydroxylation sites is 1. The van der Waals surface area contributed by atoms with Crippen LogP contribution in [-0.4, -0.2) is 44.3 Å². The largest absolute Gasteiger partial charge is 0.367 e. The summed E-state index contributed by atoms with van der Waals surface area (Å²) in [7, 11) is 0. The van der Waals surface area contributed by atoms with E-state index in [-0.39, 0.29) is 12.5 Å². The molecular formula is C19H20N4O. The molecule has 1 saturated heterocycles.